The number of benzene rings is 3. The first-order chi connectivity index (χ1) is 16.2. The Labute approximate surface area is 193 Å². The largest absolute Gasteiger partial charge is 0.504 e. The zero-order chi connectivity index (χ0) is 22.6. The van der Waals surface area contributed by atoms with Gasteiger partial charge in [0.05, 0.1) is 17.9 Å². The summed E-state index contributed by atoms with van der Waals surface area (Å²) in [5.41, 5.74) is 3.37. The topological polar surface area (TPSA) is 61.6 Å². The van der Waals surface area contributed by atoms with Crippen LogP contribution in [0.15, 0.2) is 97.2 Å². The maximum absolute atomic E-state index is 13.2. The lowest BCUT2D eigenvalue weighted by Gasteiger charge is -2.39. The second kappa shape index (κ2) is 9.30. The molecule has 6 heteroatoms. The highest BCUT2D eigenvalue weighted by atomic mass is 16.3. The summed E-state index contributed by atoms with van der Waals surface area (Å²) in [4.78, 5) is 17.3. The summed E-state index contributed by atoms with van der Waals surface area (Å²) in [7, 11) is 0. The fourth-order valence-corrected chi connectivity index (χ4v) is 4.45. The summed E-state index contributed by atoms with van der Waals surface area (Å²) in [5.74, 6) is -0.337. The van der Waals surface area contributed by atoms with E-state index in [1.54, 1.807) is 9.58 Å². The van der Waals surface area contributed by atoms with Gasteiger partial charge in [-0.1, -0.05) is 78.9 Å². The average Bonchev–Trinajstić information content (AvgIpc) is 3.28. The first-order valence-corrected chi connectivity index (χ1v) is 11.2. The van der Waals surface area contributed by atoms with Gasteiger partial charge in [-0.25, -0.2) is 4.68 Å². The van der Waals surface area contributed by atoms with Gasteiger partial charge in [-0.2, -0.15) is 5.10 Å². The van der Waals surface area contributed by atoms with E-state index in [0.717, 1.165) is 18.8 Å². The van der Waals surface area contributed by atoms with E-state index in [-0.39, 0.29) is 23.4 Å². The van der Waals surface area contributed by atoms with Crippen molar-refractivity contribution in [2.75, 3.05) is 26.2 Å². The highest BCUT2D eigenvalue weighted by Gasteiger charge is 2.30. The molecule has 0 unspecified atom stereocenters. The fraction of sp³-hybridized carbons (Fsp3) is 0.185. The van der Waals surface area contributed by atoms with E-state index >= 15 is 0 Å². The van der Waals surface area contributed by atoms with E-state index in [0.29, 0.717) is 13.1 Å². The Morgan fingerprint density at radius 3 is 1.82 bits per heavy atom. The van der Waals surface area contributed by atoms with Gasteiger partial charge in [0.1, 0.15) is 0 Å². The van der Waals surface area contributed by atoms with E-state index < -0.39 is 0 Å². The van der Waals surface area contributed by atoms with Crippen LogP contribution in [0.4, 0.5) is 0 Å². The van der Waals surface area contributed by atoms with Crippen LogP contribution in [0.3, 0.4) is 0 Å². The predicted octanol–water partition coefficient (Wildman–Crippen LogP) is 4.13. The van der Waals surface area contributed by atoms with E-state index in [1.165, 1.54) is 17.3 Å². The zero-order valence-corrected chi connectivity index (χ0v) is 18.3. The van der Waals surface area contributed by atoms with Gasteiger partial charge in [-0.05, 0) is 23.3 Å². The number of amides is 1. The first-order valence-electron chi connectivity index (χ1n) is 11.2. The molecule has 2 heterocycles. The summed E-state index contributed by atoms with van der Waals surface area (Å²) in [6.45, 7) is 2.62. The molecule has 6 nitrogen and oxygen atoms in total. The van der Waals surface area contributed by atoms with Crippen molar-refractivity contribution in [2.45, 2.75) is 6.04 Å². The number of piperazine rings is 1. The minimum Gasteiger partial charge on any atom is -0.504 e. The smallest absolute Gasteiger partial charge is 0.278 e. The van der Waals surface area contributed by atoms with Gasteiger partial charge in [-0.15, -0.1) is 0 Å². The van der Waals surface area contributed by atoms with Crippen molar-refractivity contribution in [1.29, 1.82) is 0 Å². The van der Waals surface area contributed by atoms with Gasteiger partial charge >= 0.3 is 0 Å². The second-order valence-electron chi connectivity index (χ2n) is 8.20. The number of rotatable bonds is 5. The van der Waals surface area contributed by atoms with Crippen molar-refractivity contribution >= 4 is 5.91 Å². The molecule has 1 aromatic heterocycles. The van der Waals surface area contributed by atoms with Gasteiger partial charge in [0.25, 0.3) is 5.91 Å². The molecule has 0 spiro atoms. The lowest BCUT2D eigenvalue weighted by atomic mass is 9.96. The van der Waals surface area contributed by atoms with Crippen LogP contribution in [0.5, 0.6) is 5.75 Å². The molecule has 1 aliphatic heterocycles. The predicted molar refractivity (Wildman–Crippen MR) is 127 cm³/mol. The molecular formula is C27H26N4O2. The van der Waals surface area contributed by atoms with Crippen molar-refractivity contribution in [3.63, 3.8) is 0 Å². The van der Waals surface area contributed by atoms with Crippen molar-refractivity contribution in [2.24, 2.45) is 0 Å². The number of para-hydroxylation sites is 1. The minimum atomic E-state index is -0.238. The van der Waals surface area contributed by atoms with Crippen molar-refractivity contribution in [3.8, 4) is 11.4 Å². The van der Waals surface area contributed by atoms with Gasteiger partial charge in [0, 0.05) is 26.2 Å². The lowest BCUT2D eigenvalue weighted by Crippen LogP contribution is -2.50. The zero-order valence-electron chi connectivity index (χ0n) is 18.3. The van der Waals surface area contributed by atoms with Gasteiger partial charge < -0.3 is 10.0 Å². The number of aromatic hydroxyl groups is 1. The molecule has 3 aromatic carbocycles. The summed E-state index contributed by atoms with van der Waals surface area (Å²) in [6, 6.07) is 30.6. The highest BCUT2D eigenvalue weighted by Crippen LogP contribution is 2.30. The number of aromatic nitrogens is 2. The van der Waals surface area contributed by atoms with Crippen molar-refractivity contribution < 1.29 is 9.90 Å². The van der Waals surface area contributed by atoms with E-state index in [2.05, 4.69) is 58.5 Å². The number of nitrogens with zero attached hydrogens (tertiary/aromatic N) is 4. The minimum absolute atomic E-state index is 0.0926. The molecule has 1 aliphatic rings. The maximum atomic E-state index is 13.2. The third-order valence-corrected chi connectivity index (χ3v) is 6.12. The Morgan fingerprint density at radius 1 is 0.758 bits per heavy atom. The molecule has 1 N–H and O–H groups in total. The van der Waals surface area contributed by atoms with E-state index in [1.807, 2.05) is 42.5 Å². The number of hydrogen-bond donors (Lipinski definition) is 1. The molecule has 1 saturated heterocycles. The Morgan fingerprint density at radius 2 is 1.27 bits per heavy atom. The first kappa shape index (κ1) is 21.0. The van der Waals surface area contributed by atoms with Gasteiger partial charge in [0.2, 0.25) is 0 Å². The molecule has 1 amide bonds. The summed E-state index contributed by atoms with van der Waals surface area (Å²) in [5, 5.41) is 14.8. The van der Waals surface area contributed by atoms with Crippen LogP contribution in [-0.4, -0.2) is 56.8 Å². The Kier molecular flexibility index (Phi) is 5.91. The van der Waals surface area contributed by atoms with Crippen LogP contribution in [0, 0.1) is 0 Å². The normalized spacial score (nSPS) is 14.5. The van der Waals surface area contributed by atoms with Gasteiger partial charge in [0.15, 0.2) is 11.4 Å². The van der Waals surface area contributed by atoms with Crippen molar-refractivity contribution in [3.05, 3.63) is 114 Å². The summed E-state index contributed by atoms with van der Waals surface area (Å²) >= 11 is 0. The van der Waals surface area contributed by atoms with Crippen LogP contribution in [0.2, 0.25) is 0 Å². The van der Waals surface area contributed by atoms with Crippen LogP contribution < -0.4 is 0 Å². The molecule has 4 aromatic rings. The van der Waals surface area contributed by atoms with Crippen LogP contribution in [0.1, 0.15) is 27.7 Å². The third-order valence-electron chi connectivity index (χ3n) is 6.12. The molecular weight excluding hydrogens is 412 g/mol. The molecule has 1 fully saturated rings. The average molecular weight is 439 g/mol. The Bertz CT molecular complexity index is 1160. The molecule has 0 saturated carbocycles. The lowest BCUT2D eigenvalue weighted by molar-refractivity contribution is 0.0588. The maximum Gasteiger partial charge on any atom is 0.278 e. The SMILES string of the molecule is O=C(c1nn(-c2ccccc2)cc1O)N1CCN(C(c2ccccc2)c2ccccc2)CC1. The van der Waals surface area contributed by atoms with E-state index in [9.17, 15) is 9.90 Å². The van der Waals surface area contributed by atoms with Crippen molar-refractivity contribution in [1.82, 2.24) is 19.6 Å². The van der Waals surface area contributed by atoms with Crippen LogP contribution >= 0.6 is 0 Å². The Hall–Kier alpha value is -3.90. The number of hydrogen-bond acceptors (Lipinski definition) is 4. The molecule has 0 atom stereocenters. The molecule has 0 radical (unpaired) electrons. The third kappa shape index (κ3) is 4.38. The summed E-state index contributed by atoms with van der Waals surface area (Å²) < 4.78 is 1.54. The van der Waals surface area contributed by atoms with Crippen LogP contribution in [0.25, 0.3) is 5.69 Å². The quantitative estimate of drug-likeness (QED) is 0.509. The number of carbonyl (C=O) groups is 1. The molecule has 0 bridgehead atoms. The van der Waals surface area contributed by atoms with Crippen LogP contribution in [-0.2, 0) is 0 Å². The molecule has 0 aliphatic carbocycles. The summed E-state index contributed by atoms with van der Waals surface area (Å²) in [6.07, 6.45) is 1.49. The monoisotopic (exact) mass is 438 g/mol. The van der Waals surface area contributed by atoms with E-state index in [4.69, 9.17) is 0 Å². The number of carbonyl (C=O) groups excluding carboxylic acids is 1. The molecule has 5 rings (SSSR count). The Balaban J connectivity index is 1.32. The molecule has 33 heavy (non-hydrogen) atoms. The van der Waals surface area contributed by atoms with Gasteiger partial charge in [-0.3, -0.25) is 9.69 Å². The standard InChI is InChI=1S/C27H26N4O2/c32-24-20-31(23-14-8-3-9-15-23)28-25(24)27(33)30-18-16-29(17-19-30)26(21-10-4-1-5-11-21)22-12-6-2-7-13-22/h1-15,20,26,32H,16-19H2. The highest BCUT2D eigenvalue weighted by molar-refractivity contribution is 5.95. The molecule has 166 valence electrons. The second-order valence-corrected chi connectivity index (χ2v) is 8.20. The fourth-order valence-electron chi connectivity index (χ4n) is 4.45.